The molecule has 2 N–H and O–H groups in total. The van der Waals surface area contributed by atoms with Crippen LogP contribution in [0.2, 0.25) is 0 Å². The second-order valence-electron chi connectivity index (χ2n) is 5.94. The number of benzene rings is 1. The van der Waals surface area contributed by atoms with E-state index in [2.05, 4.69) is 9.69 Å². The molecule has 132 valence electrons. The van der Waals surface area contributed by atoms with Crippen LogP contribution in [0.4, 0.5) is 14.5 Å². The smallest absolute Gasteiger partial charge is 0.271 e. The van der Waals surface area contributed by atoms with Crippen LogP contribution in [-0.4, -0.2) is 35.1 Å². The lowest BCUT2D eigenvalue weighted by Crippen LogP contribution is -2.44. The first kappa shape index (κ1) is 16.2. The van der Waals surface area contributed by atoms with E-state index in [0.29, 0.717) is 37.6 Å². The average Bonchev–Trinajstić information content (AvgIpc) is 2.99. The fourth-order valence-electron chi connectivity index (χ4n) is 3.44. The minimum Gasteiger partial charge on any atom is -0.364 e. The van der Waals surface area contributed by atoms with Crippen LogP contribution in [0.1, 0.15) is 6.92 Å². The van der Waals surface area contributed by atoms with Gasteiger partial charge in [0.2, 0.25) is 5.43 Å². The number of hydrogen-bond donors (Lipinski definition) is 2. The molecule has 25 heavy (non-hydrogen) atoms. The second kappa shape index (κ2) is 5.92. The summed E-state index contributed by atoms with van der Waals surface area (Å²) in [5.41, 5.74) is -1.23. The number of nitrogens with zero attached hydrogens (tertiary/aromatic N) is 2. The maximum absolute atomic E-state index is 15.3. The third kappa shape index (κ3) is 2.30. The van der Waals surface area contributed by atoms with Gasteiger partial charge in [-0.3, -0.25) is 14.0 Å². The first-order valence-electron chi connectivity index (χ1n) is 8.06. The molecule has 3 aromatic rings. The Hall–Kier alpha value is -2.26. The van der Waals surface area contributed by atoms with Crippen LogP contribution in [0, 0.1) is 11.6 Å². The van der Waals surface area contributed by atoms with Crippen molar-refractivity contribution < 1.29 is 8.78 Å². The molecule has 4 rings (SSSR count). The Kier molecular flexibility index (Phi) is 3.84. The molecule has 1 fully saturated rings. The molecule has 0 bridgehead atoms. The van der Waals surface area contributed by atoms with Gasteiger partial charge in [0, 0.05) is 32.7 Å². The van der Waals surface area contributed by atoms with Gasteiger partial charge in [-0.25, -0.2) is 8.78 Å². The molecule has 3 heterocycles. The van der Waals surface area contributed by atoms with Crippen LogP contribution in [0.25, 0.3) is 21.1 Å². The molecule has 0 aliphatic carbocycles. The number of H-pyrrole nitrogens is 1. The summed E-state index contributed by atoms with van der Waals surface area (Å²) in [5.74, 6) is -1.53. The van der Waals surface area contributed by atoms with Crippen molar-refractivity contribution in [1.29, 1.82) is 0 Å². The molecular formula is C16H16F2N4O2S. The fourth-order valence-corrected chi connectivity index (χ4v) is 4.35. The first-order chi connectivity index (χ1) is 12.0. The van der Waals surface area contributed by atoms with Gasteiger partial charge in [-0.2, -0.15) is 0 Å². The van der Waals surface area contributed by atoms with E-state index < -0.39 is 22.6 Å². The molecule has 0 atom stereocenters. The van der Waals surface area contributed by atoms with E-state index >= 15 is 4.39 Å². The molecular weight excluding hydrogens is 350 g/mol. The van der Waals surface area contributed by atoms with Gasteiger partial charge in [0.15, 0.2) is 5.82 Å². The summed E-state index contributed by atoms with van der Waals surface area (Å²) < 4.78 is 34.1. The number of aromatic amines is 1. The van der Waals surface area contributed by atoms with Crippen molar-refractivity contribution in [3.63, 3.8) is 0 Å². The van der Waals surface area contributed by atoms with Gasteiger partial charge < -0.3 is 14.8 Å². The van der Waals surface area contributed by atoms with Crippen LogP contribution < -0.4 is 21.2 Å². The second-order valence-corrected chi connectivity index (χ2v) is 6.74. The first-order valence-corrected chi connectivity index (χ1v) is 8.87. The van der Waals surface area contributed by atoms with Gasteiger partial charge in [-0.05, 0) is 24.5 Å². The summed E-state index contributed by atoms with van der Waals surface area (Å²) in [5, 5.41) is 2.99. The van der Waals surface area contributed by atoms with Gasteiger partial charge in [0.1, 0.15) is 21.7 Å². The highest BCUT2D eigenvalue weighted by Gasteiger charge is 2.25. The standard InChI is InChI=1S/C16H16F2N4O2S/c1-2-22-12-8(14(23)10-15(24)20-25-16(10)22)7-9(17)13(11(12)18)21-5-3-19-4-6-21/h7,19H,2-6H2,1H3,(H,20,24). The van der Waals surface area contributed by atoms with E-state index in [1.54, 1.807) is 16.4 Å². The maximum Gasteiger partial charge on any atom is 0.271 e. The molecule has 9 heteroatoms. The monoisotopic (exact) mass is 366 g/mol. The van der Waals surface area contributed by atoms with Gasteiger partial charge >= 0.3 is 0 Å². The number of rotatable bonds is 2. The zero-order valence-electron chi connectivity index (χ0n) is 13.5. The van der Waals surface area contributed by atoms with Gasteiger partial charge in [0.05, 0.1) is 10.9 Å². The summed E-state index contributed by atoms with van der Waals surface area (Å²) in [6.07, 6.45) is 0. The van der Waals surface area contributed by atoms with Crippen LogP contribution >= 0.6 is 11.5 Å². The van der Waals surface area contributed by atoms with E-state index in [9.17, 15) is 14.0 Å². The van der Waals surface area contributed by atoms with Crippen molar-refractivity contribution in [3.8, 4) is 0 Å². The maximum atomic E-state index is 15.3. The summed E-state index contributed by atoms with van der Waals surface area (Å²) in [6, 6.07) is 1.06. The fraction of sp³-hybridized carbons (Fsp3) is 0.375. The van der Waals surface area contributed by atoms with Gasteiger partial charge in [0.25, 0.3) is 5.56 Å². The van der Waals surface area contributed by atoms with Crippen LogP contribution in [0.15, 0.2) is 15.7 Å². The SMILES string of the molecule is CCn1c2s[nH]c(=O)c2c(=O)c2cc(F)c(N3CCNCC3)c(F)c21. The summed E-state index contributed by atoms with van der Waals surface area (Å²) in [6.45, 7) is 4.38. The molecule has 1 aliphatic rings. The van der Waals surface area contributed by atoms with Crippen molar-refractivity contribution in [2.75, 3.05) is 31.1 Å². The number of anilines is 1. The molecule has 0 amide bonds. The number of piperazine rings is 1. The Morgan fingerprint density at radius 1 is 1.24 bits per heavy atom. The Labute approximate surface area is 144 Å². The van der Waals surface area contributed by atoms with Crippen LogP contribution in [-0.2, 0) is 6.54 Å². The molecule has 2 aromatic heterocycles. The molecule has 0 saturated carbocycles. The largest absolute Gasteiger partial charge is 0.364 e. The van der Waals surface area contributed by atoms with Crippen molar-refractivity contribution in [2.45, 2.75) is 13.5 Å². The van der Waals surface area contributed by atoms with Gasteiger partial charge in [-0.1, -0.05) is 0 Å². The molecule has 0 radical (unpaired) electrons. The lowest BCUT2D eigenvalue weighted by Gasteiger charge is -2.30. The summed E-state index contributed by atoms with van der Waals surface area (Å²) in [7, 11) is 0. The lowest BCUT2D eigenvalue weighted by molar-refractivity contribution is 0.540. The quantitative estimate of drug-likeness (QED) is 0.723. The highest BCUT2D eigenvalue weighted by Crippen LogP contribution is 2.31. The number of pyridine rings is 1. The number of nitrogens with one attached hydrogen (secondary N) is 2. The average molecular weight is 366 g/mol. The topological polar surface area (TPSA) is 70.1 Å². The Balaban J connectivity index is 2.14. The minimum absolute atomic E-state index is 0.0465. The molecule has 1 aromatic carbocycles. The predicted molar refractivity (Wildman–Crippen MR) is 94.9 cm³/mol. The Bertz CT molecular complexity index is 1100. The Morgan fingerprint density at radius 2 is 1.96 bits per heavy atom. The highest BCUT2D eigenvalue weighted by molar-refractivity contribution is 7.12. The number of aryl methyl sites for hydroxylation is 1. The van der Waals surface area contributed by atoms with E-state index in [1.807, 2.05) is 0 Å². The predicted octanol–water partition coefficient (Wildman–Crippen LogP) is 1.61. The molecule has 0 spiro atoms. The summed E-state index contributed by atoms with van der Waals surface area (Å²) >= 11 is 0.990. The Morgan fingerprint density at radius 3 is 2.64 bits per heavy atom. The van der Waals surface area contributed by atoms with E-state index in [-0.39, 0.29) is 22.0 Å². The molecule has 0 unspecified atom stereocenters. The van der Waals surface area contributed by atoms with Crippen LogP contribution in [0.3, 0.4) is 0 Å². The molecule has 1 saturated heterocycles. The number of fused-ring (bicyclic) bond motifs is 2. The number of hydrogen-bond acceptors (Lipinski definition) is 5. The third-order valence-corrected chi connectivity index (χ3v) is 5.49. The normalized spacial score (nSPS) is 15.4. The van der Waals surface area contributed by atoms with Gasteiger partial charge in [-0.15, -0.1) is 0 Å². The lowest BCUT2D eigenvalue weighted by atomic mass is 10.1. The van der Waals surface area contributed by atoms with Crippen molar-refractivity contribution in [3.05, 3.63) is 38.3 Å². The van der Waals surface area contributed by atoms with E-state index in [4.69, 9.17) is 0 Å². The zero-order chi connectivity index (χ0) is 17.7. The van der Waals surface area contributed by atoms with Crippen LogP contribution in [0.5, 0.6) is 0 Å². The highest BCUT2D eigenvalue weighted by atomic mass is 32.1. The van der Waals surface area contributed by atoms with Crippen molar-refractivity contribution in [2.24, 2.45) is 0 Å². The van der Waals surface area contributed by atoms with E-state index in [1.165, 1.54) is 0 Å². The van der Waals surface area contributed by atoms with E-state index in [0.717, 1.165) is 17.6 Å². The van der Waals surface area contributed by atoms with Crippen molar-refractivity contribution in [1.82, 2.24) is 14.3 Å². The minimum atomic E-state index is -0.780. The zero-order valence-corrected chi connectivity index (χ0v) is 14.3. The van der Waals surface area contributed by atoms with Crippen molar-refractivity contribution >= 4 is 38.3 Å². The molecule has 1 aliphatic heterocycles. The number of aromatic nitrogens is 2. The molecule has 6 nitrogen and oxygen atoms in total. The third-order valence-electron chi connectivity index (χ3n) is 4.59. The number of halogens is 2. The summed E-state index contributed by atoms with van der Waals surface area (Å²) in [4.78, 5) is 26.6.